The number of ether oxygens (including phenoxy) is 1. The third-order valence-corrected chi connectivity index (χ3v) is 2.19. The van der Waals surface area contributed by atoms with Crippen molar-refractivity contribution in [2.45, 2.75) is 18.9 Å². The molecule has 15 heavy (non-hydrogen) atoms. The monoisotopic (exact) mass is 211 g/mol. The van der Waals surface area contributed by atoms with Gasteiger partial charge < -0.3 is 10.5 Å². The summed E-state index contributed by atoms with van der Waals surface area (Å²) in [5.74, 6) is -0.735. The first-order valence-electron chi connectivity index (χ1n) is 4.72. The van der Waals surface area contributed by atoms with Crippen LogP contribution in [0.5, 0.6) is 0 Å². The Kier molecular flexibility index (Phi) is 4.24. The summed E-state index contributed by atoms with van der Waals surface area (Å²) in [4.78, 5) is 11.0. The Morgan fingerprint density at radius 1 is 1.53 bits per heavy atom. The van der Waals surface area contributed by atoms with Gasteiger partial charge in [-0.05, 0) is 24.5 Å². The highest BCUT2D eigenvalue weighted by atomic mass is 19.1. The number of carbonyl (C=O) groups is 1. The molecule has 0 bridgehead atoms. The van der Waals surface area contributed by atoms with Crippen molar-refractivity contribution in [3.63, 3.8) is 0 Å². The molecule has 3 nitrogen and oxygen atoms in total. The molecule has 82 valence electrons. The van der Waals surface area contributed by atoms with Crippen LogP contribution in [-0.4, -0.2) is 19.1 Å². The van der Waals surface area contributed by atoms with Crippen LogP contribution in [0.3, 0.4) is 0 Å². The summed E-state index contributed by atoms with van der Waals surface area (Å²) in [6.07, 6.45) is 0.816. The van der Waals surface area contributed by atoms with Gasteiger partial charge in [-0.25, -0.2) is 4.39 Å². The van der Waals surface area contributed by atoms with Crippen LogP contribution in [0.25, 0.3) is 0 Å². The first kappa shape index (κ1) is 11.7. The van der Waals surface area contributed by atoms with E-state index in [9.17, 15) is 9.18 Å². The maximum Gasteiger partial charge on any atom is 0.322 e. The number of esters is 1. The summed E-state index contributed by atoms with van der Waals surface area (Å²) in [5, 5.41) is 0. The molecule has 1 atom stereocenters. The Bertz CT molecular complexity index is 341. The Morgan fingerprint density at radius 2 is 2.20 bits per heavy atom. The molecule has 4 heteroatoms. The van der Waals surface area contributed by atoms with Gasteiger partial charge >= 0.3 is 5.97 Å². The fourth-order valence-electron chi connectivity index (χ4n) is 1.28. The number of halogens is 1. The van der Waals surface area contributed by atoms with Crippen LogP contribution < -0.4 is 5.73 Å². The lowest BCUT2D eigenvalue weighted by Crippen LogP contribution is -2.32. The van der Waals surface area contributed by atoms with Gasteiger partial charge in [0.1, 0.15) is 11.9 Å². The van der Waals surface area contributed by atoms with Crippen molar-refractivity contribution in [1.82, 2.24) is 0 Å². The first-order valence-corrected chi connectivity index (χ1v) is 4.72. The van der Waals surface area contributed by atoms with Crippen molar-refractivity contribution in [2.75, 3.05) is 7.11 Å². The minimum atomic E-state index is -0.686. The minimum absolute atomic E-state index is 0.269. The van der Waals surface area contributed by atoms with E-state index in [4.69, 9.17) is 5.73 Å². The number of methoxy groups -OCH3 is 1. The van der Waals surface area contributed by atoms with Crippen LogP contribution in [0.2, 0.25) is 0 Å². The summed E-state index contributed by atoms with van der Waals surface area (Å²) in [7, 11) is 1.28. The Morgan fingerprint density at radius 3 is 2.80 bits per heavy atom. The highest BCUT2D eigenvalue weighted by Gasteiger charge is 2.13. The molecule has 0 aromatic heterocycles. The van der Waals surface area contributed by atoms with E-state index in [0.717, 1.165) is 0 Å². The molecule has 1 aromatic rings. The standard InChI is InChI=1S/C11H14FNO2/c1-15-11(14)10(13)7-6-8-4-2-3-5-9(8)12/h2-5,10H,6-7,13H2,1H3. The van der Waals surface area contributed by atoms with Gasteiger partial charge in [0, 0.05) is 0 Å². The van der Waals surface area contributed by atoms with Crippen LogP contribution >= 0.6 is 0 Å². The average Bonchev–Trinajstić information content (AvgIpc) is 2.26. The van der Waals surface area contributed by atoms with Crippen LogP contribution in [0.15, 0.2) is 24.3 Å². The molecule has 0 heterocycles. The molecule has 0 radical (unpaired) electrons. The SMILES string of the molecule is COC(=O)C(N)CCc1ccccc1F. The molecule has 1 unspecified atom stereocenters. The molecule has 0 aliphatic rings. The lowest BCUT2D eigenvalue weighted by Gasteiger charge is -2.09. The van der Waals surface area contributed by atoms with Gasteiger partial charge in [-0.3, -0.25) is 4.79 Å². The van der Waals surface area contributed by atoms with Crippen molar-refractivity contribution < 1.29 is 13.9 Å². The van der Waals surface area contributed by atoms with Crippen molar-refractivity contribution in [3.8, 4) is 0 Å². The van der Waals surface area contributed by atoms with E-state index < -0.39 is 12.0 Å². The van der Waals surface area contributed by atoms with Gasteiger partial charge in [0.25, 0.3) is 0 Å². The molecule has 0 aliphatic heterocycles. The van der Waals surface area contributed by atoms with Gasteiger partial charge in [-0.15, -0.1) is 0 Å². The number of nitrogens with two attached hydrogens (primary N) is 1. The third-order valence-electron chi connectivity index (χ3n) is 2.19. The van der Waals surface area contributed by atoms with Crippen LogP contribution in [-0.2, 0) is 16.0 Å². The minimum Gasteiger partial charge on any atom is -0.468 e. The summed E-state index contributed by atoms with van der Waals surface area (Å²) in [5.41, 5.74) is 6.10. The highest BCUT2D eigenvalue weighted by molar-refractivity contribution is 5.75. The van der Waals surface area contributed by atoms with E-state index in [1.807, 2.05) is 0 Å². The van der Waals surface area contributed by atoms with Crippen molar-refractivity contribution in [3.05, 3.63) is 35.6 Å². The smallest absolute Gasteiger partial charge is 0.322 e. The molecule has 0 spiro atoms. The lowest BCUT2D eigenvalue weighted by molar-refractivity contribution is -0.142. The Balaban J connectivity index is 2.50. The highest BCUT2D eigenvalue weighted by Crippen LogP contribution is 2.09. The number of hydrogen-bond acceptors (Lipinski definition) is 3. The van der Waals surface area contributed by atoms with E-state index in [1.165, 1.54) is 13.2 Å². The first-order chi connectivity index (χ1) is 7.15. The number of rotatable bonds is 4. The second-order valence-corrected chi connectivity index (χ2v) is 3.26. The van der Waals surface area contributed by atoms with E-state index in [2.05, 4.69) is 4.74 Å². The van der Waals surface area contributed by atoms with Crippen LogP contribution in [0, 0.1) is 5.82 Å². The molecule has 2 N–H and O–H groups in total. The lowest BCUT2D eigenvalue weighted by atomic mass is 10.1. The Hall–Kier alpha value is -1.42. The topological polar surface area (TPSA) is 52.3 Å². The molecular formula is C11H14FNO2. The quantitative estimate of drug-likeness (QED) is 0.763. The van der Waals surface area contributed by atoms with Gasteiger partial charge in [-0.1, -0.05) is 18.2 Å². The summed E-state index contributed by atoms with van der Waals surface area (Å²) in [6, 6.07) is 5.76. The van der Waals surface area contributed by atoms with Crippen molar-refractivity contribution in [2.24, 2.45) is 5.73 Å². The van der Waals surface area contributed by atoms with E-state index >= 15 is 0 Å². The molecule has 1 aromatic carbocycles. The van der Waals surface area contributed by atoms with Gasteiger partial charge in [-0.2, -0.15) is 0 Å². The maximum atomic E-state index is 13.2. The molecule has 0 saturated carbocycles. The molecular weight excluding hydrogens is 197 g/mol. The van der Waals surface area contributed by atoms with E-state index in [-0.39, 0.29) is 5.82 Å². The number of aryl methyl sites for hydroxylation is 1. The predicted molar refractivity (Wildman–Crippen MR) is 54.7 cm³/mol. The fraction of sp³-hybridized carbons (Fsp3) is 0.364. The number of benzene rings is 1. The molecule has 0 aliphatic carbocycles. The van der Waals surface area contributed by atoms with Crippen LogP contribution in [0.4, 0.5) is 4.39 Å². The normalized spacial score (nSPS) is 12.2. The zero-order chi connectivity index (χ0) is 11.3. The second-order valence-electron chi connectivity index (χ2n) is 3.26. The fourth-order valence-corrected chi connectivity index (χ4v) is 1.28. The summed E-state index contributed by atoms with van der Waals surface area (Å²) in [6.45, 7) is 0. The second kappa shape index (κ2) is 5.46. The average molecular weight is 211 g/mol. The zero-order valence-electron chi connectivity index (χ0n) is 8.57. The van der Waals surface area contributed by atoms with E-state index in [0.29, 0.717) is 18.4 Å². The molecule has 0 fully saturated rings. The van der Waals surface area contributed by atoms with Crippen LogP contribution in [0.1, 0.15) is 12.0 Å². The molecule has 1 rings (SSSR count). The zero-order valence-corrected chi connectivity index (χ0v) is 8.57. The number of hydrogen-bond donors (Lipinski definition) is 1. The molecule has 0 amide bonds. The maximum absolute atomic E-state index is 13.2. The Labute approximate surface area is 88.0 Å². The predicted octanol–water partition coefficient (Wildman–Crippen LogP) is 1.26. The van der Waals surface area contributed by atoms with Crippen molar-refractivity contribution in [1.29, 1.82) is 0 Å². The van der Waals surface area contributed by atoms with Gasteiger partial charge in [0.05, 0.1) is 7.11 Å². The van der Waals surface area contributed by atoms with Crippen molar-refractivity contribution >= 4 is 5.97 Å². The largest absolute Gasteiger partial charge is 0.468 e. The summed E-state index contributed by atoms with van der Waals surface area (Å²) >= 11 is 0. The summed E-state index contributed by atoms with van der Waals surface area (Å²) < 4.78 is 17.6. The molecule has 0 saturated heterocycles. The van der Waals surface area contributed by atoms with E-state index in [1.54, 1.807) is 18.2 Å². The van der Waals surface area contributed by atoms with Gasteiger partial charge in [0.2, 0.25) is 0 Å². The number of carbonyl (C=O) groups excluding carboxylic acids is 1. The van der Waals surface area contributed by atoms with Gasteiger partial charge in [0.15, 0.2) is 0 Å². The third kappa shape index (κ3) is 3.32.